The number of nitriles is 1. The molecule has 1 aliphatic heterocycles. The number of nitrogens with one attached hydrogen (secondary N) is 2. The van der Waals surface area contributed by atoms with E-state index in [0.29, 0.717) is 47.3 Å². The van der Waals surface area contributed by atoms with Crippen molar-refractivity contribution >= 4 is 40.0 Å². The summed E-state index contributed by atoms with van der Waals surface area (Å²) in [7, 11) is 0. The molecule has 8 heteroatoms. The van der Waals surface area contributed by atoms with E-state index in [9.17, 15) is 14.9 Å². The quantitative estimate of drug-likeness (QED) is 0.420. The molecule has 0 radical (unpaired) electrons. The average Bonchev–Trinajstić information content (AvgIpc) is 3.42. The molecule has 7 nitrogen and oxygen atoms in total. The number of ether oxygens (including phenoxy) is 1. The van der Waals surface area contributed by atoms with Crippen molar-refractivity contribution in [1.82, 2.24) is 0 Å². The fourth-order valence-electron chi connectivity index (χ4n) is 3.46. The first-order chi connectivity index (χ1) is 15.6. The summed E-state index contributed by atoms with van der Waals surface area (Å²) in [5, 5.41) is 16.0. The van der Waals surface area contributed by atoms with Gasteiger partial charge >= 0.3 is 5.97 Å². The van der Waals surface area contributed by atoms with Crippen molar-refractivity contribution < 1.29 is 18.7 Å². The van der Waals surface area contributed by atoms with E-state index in [-0.39, 0.29) is 17.8 Å². The van der Waals surface area contributed by atoms with Crippen molar-refractivity contribution in [3.05, 3.63) is 64.7 Å². The molecule has 1 aromatic carbocycles. The molecule has 32 heavy (non-hydrogen) atoms. The van der Waals surface area contributed by atoms with Gasteiger partial charge in [0.25, 0.3) is 0 Å². The highest BCUT2D eigenvalue weighted by Gasteiger charge is 2.30. The Morgan fingerprint density at radius 1 is 1.31 bits per heavy atom. The molecule has 1 amide bonds. The number of hydrogen-bond acceptors (Lipinski definition) is 7. The Kier molecular flexibility index (Phi) is 6.38. The van der Waals surface area contributed by atoms with E-state index in [1.54, 1.807) is 19.1 Å². The second-order valence-electron chi connectivity index (χ2n) is 7.14. The lowest BCUT2D eigenvalue weighted by Crippen LogP contribution is -2.30. The number of esters is 1. The first-order valence-corrected chi connectivity index (χ1v) is 11.0. The van der Waals surface area contributed by atoms with Crippen LogP contribution in [0, 0.1) is 17.2 Å². The van der Waals surface area contributed by atoms with E-state index in [2.05, 4.69) is 16.7 Å². The van der Waals surface area contributed by atoms with Gasteiger partial charge in [-0.1, -0.05) is 30.3 Å². The van der Waals surface area contributed by atoms with Crippen molar-refractivity contribution in [3.8, 4) is 17.4 Å². The van der Waals surface area contributed by atoms with Crippen LogP contribution in [0.25, 0.3) is 17.4 Å². The van der Waals surface area contributed by atoms with Gasteiger partial charge in [-0.2, -0.15) is 5.26 Å². The molecular formula is C24H21N3O4S. The number of rotatable bonds is 6. The summed E-state index contributed by atoms with van der Waals surface area (Å²) in [6.45, 7) is 2.49. The van der Waals surface area contributed by atoms with Crippen LogP contribution in [0.5, 0.6) is 0 Å². The van der Waals surface area contributed by atoms with Gasteiger partial charge in [0.15, 0.2) is 0 Å². The third kappa shape index (κ3) is 4.58. The lowest BCUT2D eigenvalue weighted by molar-refractivity contribution is -0.147. The zero-order chi connectivity index (χ0) is 22.5. The third-order valence-electron chi connectivity index (χ3n) is 4.99. The summed E-state index contributed by atoms with van der Waals surface area (Å²) in [6.07, 6.45) is 3.42. The summed E-state index contributed by atoms with van der Waals surface area (Å²) < 4.78 is 10.9. The first-order valence-electron chi connectivity index (χ1n) is 10.2. The molecule has 0 saturated carbocycles. The van der Waals surface area contributed by atoms with E-state index in [1.165, 1.54) is 17.4 Å². The molecule has 2 aromatic heterocycles. The second kappa shape index (κ2) is 9.54. The van der Waals surface area contributed by atoms with Crippen LogP contribution in [0.2, 0.25) is 0 Å². The Hall–Kier alpha value is -3.83. The molecule has 0 bridgehead atoms. The molecule has 1 aliphatic rings. The maximum absolute atomic E-state index is 12.5. The summed E-state index contributed by atoms with van der Waals surface area (Å²) in [5.41, 5.74) is 2.00. The van der Waals surface area contributed by atoms with Crippen LogP contribution in [-0.2, 0) is 20.7 Å². The highest BCUT2D eigenvalue weighted by Crippen LogP contribution is 2.41. The monoisotopic (exact) mass is 447 g/mol. The van der Waals surface area contributed by atoms with Crippen LogP contribution in [0.15, 0.2) is 53.0 Å². The number of thiophene rings is 1. The van der Waals surface area contributed by atoms with Gasteiger partial charge in [0, 0.05) is 23.1 Å². The van der Waals surface area contributed by atoms with Gasteiger partial charge < -0.3 is 19.8 Å². The number of carbonyl (C=O) groups excluding carboxylic acids is 2. The molecule has 0 fully saturated rings. The summed E-state index contributed by atoms with van der Waals surface area (Å²) >= 11 is 1.30. The van der Waals surface area contributed by atoms with Crippen molar-refractivity contribution in [2.24, 2.45) is 5.92 Å². The van der Waals surface area contributed by atoms with Crippen LogP contribution in [0.3, 0.4) is 0 Å². The zero-order valence-electron chi connectivity index (χ0n) is 17.4. The van der Waals surface area contributed by atoms with Crippen LogP contribution in [-0.4, -0.2) is 25.0 Å². The largest absolute Gasteiger partial charge is 0.466 e. The highest BCUT2D eigenvalue weighted by molar-refractivity contribution is 7.17. The first kappa shape index (κ1) is 21.4. The van der Waals surface area contributed by atoms with Gasteiger partial charge in [-0.25, -0.2) is 0 Å². The number of fused-ring (bicyclic) bond motifs is 1. The Labute approximate surface area is 189 Å². The second-order valence-corrected chi connectivity index (χ2v) is 8.25. The number of furan rings is 1. The minimum atomic E-state index is -0.375. The van der Waals surface area contributed by atoms with Gasteiger partial charge in [0.05, 0.1) is 18.2 Å². The number of anilines is 2. The zero-order valence-corrected chi connectivity index (χ0v) is 18.2. The normalized spacial score (nSPS) is 14.9. The highest BCUT2D eigenvalue weighted by atomic mass is 32.1. The lowest BCUT2D eigenvalue weighted by atomic mass is 9.99. The SMILES string of the molecule is CCOC(=O)C1CNc2c(sc(NC(=O)/C=C/c3ccc(-c4ccccc4)o3)c2C#N)C1. The minimum Gasteiger partial charge on any atom is -0.466 e. The van der Waals surface area contributed by atoms with E-state index >= 15 is 0 Å². The summed E-state index contributed by atoms with van der Waals surface area (Å²) in [4.78, 5) is 25.4. The molecule has 1 atom stereocenters. The molecular weight excluding hydrogens is 426 g/mol. The van der Waals surface area contributed by atoms with Crippen molar-refractivity contribution in [2.75, 3.05) is 23.8 Å². The number of carbonyl (C=O) groups is 2. The molecule has 3 heterocycles. The maximum atomic E-state index is 12.5. The molecule has 1 unspecified atom stereocenters. The Bertz CT molecular complexity index is 1200. The Morgan fingerprint density at radius 3 is 2.88 bits per heavy atom. The number of hydrogen-bond donors (Lipinski definition) is 2. The fraction of sp³-hybridized carbons (Fsp3) is 0.208. The number of nitrogens with zero attached hydrogens (tertiary/aromatic N) is 1. The molecule has 0 aliphatic carbocycles. The van der Waals surface area contributed by atoms with Crippen molar-refractivity contribution in [2.45, 2.75) is 13.3 Å². The predicted octanol–water partition coefficient (Wildman–Crippen LogP) is 4.68. The van der Waals surface area contributed by atoms with E-state index < -0.39 is 0 Å². The van der Waals surface area contributed by atoms with Gasteiger partial charge in [-0.05, 0) is 31.6 Å². The van der Waals surface area contributed by atoms with Crippen LogP contribution in [0.4, 0.5) is 10.7 Å². The number of benzene rings is 1. The average molecular weight is 448 g/mol. The Morgan fingerprint density at radius 2 is 2.12 bits per heavy atom. The van der Waals surface area contributed by atoms with Gasteiger partial charge in [-0.3, -0.25) is 9.59 Å². The number of amides is 1. The predicted molar refractivity (Wildman–Crippen MR) is 123 cm³/mol. The van der Waals surface area contributed by atoms with E-state index in [0.717, 1.165) is 10.4 Å². The summed E-state index contributed by atoms with van der Waals surface area (Å²) in [6, 6.07) is 15.5. The molecule has 4 rings (SSSR count). The van der Waals surface area contributed by atoms with E-state index in [4.69, 9.17) is 9.15 Å². The van der Waals surface area contributed by atoms with Gasteiger partial charge in [-0.15, -0.1) is 11.3 Å². The smallest absolute Gasteiger partial charge is 0.311 e. The molecule has 0 saturated heterocycles. The summed E-state index contributed by atoms with van der Waals surface area (Å²) in [5.74, 6) is 0.308. The van der Waals surface area contributed by atoms with Gasteiger partial charge in [0.2, 0.25) is 5.91 Å². The fourth-order valence-corrected chi connectivity index (χ4v) is 4.67. The van der Waals surface area contributed by atoms with Gasteiger partial charge in [0.1, 0.15) is 28.2 Å². The molecule has 162 valence electrons. The Balaban J connectivity index is 1.44. The third-order valence-corrected chi connectivity index (χ3v) is 6.12. The van der Waals surface area contributed by atoms with Crippen molar-refractivity contribution in [3.63, 3.8) is 0 Å². The maximum Gasteiger partial charge on any atom is 0.311 e. The van der Waals surface area contributed by atoms with Crippen LogP contribution < -0.4 is 10.6 Å². The standard InChI is InChI=1S/C24H21N3O4S/c1-2-30-24(29)16-12-20-22(26-14-16)18(13-25)23(32-20)27-21(28)11-9-17-8-10-19(31-17)15-6-4-3-5-7-15/h3-11,16,26H,2,12,14H2,1H3,(H,27,28)/b11-9+. The molecule has 2 N–H and O–H groups in total. The molecule has 3 aromatic rings. The van der Waals surface area contributed by atoms with Crippen molar-refractivity contribution in [1.29, 1.82) is 5.26 Å². The van der Waals surface area contributed by atoms with Crippen LogP contribution in [0.1, 0.15) is 23.1 Å². The molecule has 0 spiro atoms. The lowest BCUT2D eigenvalue weighted by Gasteiger charge is -2.22. The minimum absolute atomic E-state index is 0.264. The van der Waals surface area contributed by atoms with E-state index in [1.807, 2.05) is 36.4 Å². The topological polar surface area (TPSA) is 104 Å². The van der Waals surface area contributed by atoms with Crippen LogP contribution >= 0.6 is 11.3 Å².